The van der Waals surface area contributed by atoms with Crippen molar-refractivity contribution in [3.05, 3.63) is 23.9 Å². The molecule has 1 heterocycles. The Balaban J connectivity index is 2.03. The van der Waals surface area contributed by atoms with Crippen molar-refractivity contribution < 1.29 is 5.21 Å². The van der Waals surface area contributed by atoms with Crippen molar-refractivity contribution in [2.75, 3.05) is 0 Å². The molecule has 0 amide bonds. The molecule has 2 N–H and O–H groups in total. The molecule has 0 aromatic heterocycles. The fourth-order valence-electron chi connectivity index (χ4n) is 2.74. The minimum absolute atomic E-state index is 0.402. The summed E-state index contributed by atoms with van der Waals surface area (Å²) in [4.78, 5) is 4.61. The van der Waals surface area contributed by atoms with Gasteiger partial charge in [0.05, 0.1) is 11.4 Å². The molecular formula is C12H15N3O. The van der Waals surface area contributed by atoms with Gasteiger partial charge in [0.1, 0.15) is 5.71 Å². The second-order valence-corrected chi connectivity index (χ2v) is 4.64. The molecule has 0 bridgehead atoms. The molecule has 2 aliphatic carbocycles. The number of nitrogens with zero attached hydrogens (tertiary/aromatic N) is 2. The molecule has 3 aliphatic rings. The van der Waals surface area contributed by atoms with Gasteiger partial charge in [0.2, 0.25) is 0 Å². The van der Waals surface area contributed by atoms with Crippen LogP contribution in [0.15, 0.2) is 28.9 Å². The van der Waals surface area contributed by atoms with Crippen LogP contribution >= 0.6 is 0 Å². The number of hydrogen-bond donors (Lipinski definition) is 2. The van der Waals surface area contributed by atoms with Crippen LogP contribution < -0.4 is 0 Å². The first-order valence-corrected chi connectivity index (χ1v) is 5.80. The van der Waals surface area contributed by atoms with E-state index in [0.717, 1.165) is 25.7 Å². The molecule has 4 heteroatoms. The molecule has 4 nitrogen and oxygen atoms in total. The highest BCUT2D eigenvalue weighted by molar-refractivity contribution is 6.52. The van der Waals surface area contributed by atoms with Gasteiger partial charge in [-0.25, -0.2) is 5.06 Å². The van der Waals surface area contributed by atoms with E-state index in [1.165, 1.54) is 11.5 Å². The van der Waals surface area contributed by atoms with E-state index in [9.17, 15) is 5.21 Å². The summed E-state index contributed by atoms with van der Waals surface area (Å²) in [7, 11) is 0. The molecule has 0 atom stereocenters. The predicted octanol–water partition coefficient (Wildman–Crippen LogP) is 2.27. The third kappa shape index (κ3) is 1.19. The quantitative estimate of drug-likeness (QED) is 0.611. The maximum atomic E-state index is 10.2. The zero-order valence-electron chi connectivity index (χ0n) is 9.11. The third-order valence-corrected chi connectivity index (χ3v) is 3.61. The van der Waals surface area contributed by atoms with Crippen LogP contribution in [0.25, 0.3) is 0 Å². The molecule has 0 aromatic carbocycles. The molecule has 1 saturated carbocycles. The molecule has 16 heavy (non-hydrogen) atoms. The predicted molar refractivity (Wildman–Crippen MR) is 61.8 cm³/mol. The minimum Gasteiger partial charge on any atom is -0.299 e. The van der Waals surface area contributed by atoms with E-state index >= 15 is 0 Å². The SMILES string of the molecule is N=C1C=CC=C2C1=NC1(CCCCC1)N2O. The summed E-state index contributed by atoms with van der Waals surface area (Å²) < 4.78 is 0. The van der Waals surface area contributed by atoms with Gasteiger partial charge in [-0.15, -0.1) is 0 Å². The van der Waals surface area contributed by atoms with Crippen LogP contribution in [0, 0.1) is 5.41 Å². The van der Waals surface area contributed by atoms with Gasteiger partial charge in [-0.1, -0.05) is 12.5 Å². The number of aliphatic imine (C=N–C) groups is 1. The van der Waals surface area contributed by atoms with E-state index in [1.54, 1.807) is 12.2 Å². The Morgan fingerprint density at radius 1 is 1.31 bits per heavy atom. The smallest absolute Gasteiger partial charge is 0.157 e. The highest BCUT2D eigenvalue weighted by atomic mass is 16.5. The Morgan fingerprint density at radius 2 is 2.06 bits per heavy atom. The second kappa shape index (κ2) is 3.28. The van der Waals surface area contributed by atoms with Gasteiger partial charge in [-0.05, 0) is 37.8 Å². The molecule has 0 unspecified atom stereocenters. The number of fused-ring (bicyclic) bond motifs is 1. The Hall–Kier alpha value is -1.42. The average Bonchev–Trinajstić information content (AvgIpc) is 2.57. The highest BCUT2D eigenvalue weighted by Gasteiger charge is 2.45. The standard InChI is InChI=1S/C12H15N3O/c13-9-5-4-6-10-11(9)14-12(15(10)16)7-2-1-3-8-12/h4-6,13,16H,1-3,7-8H2. The summed E-state index contributed by atoms with van der Waals surface area (Å²) in [5.41, 5.74) is 1.26. The van der Waals surface area contributed by atoms with E-state index in [0.29, 0.717) is 17.1 Å². The molecule has 0 radical (unpaired) electrons. The Morgan fingerprint density at radius 3 is 2.75 bits per heavy atom. The van der Waals surface area contributed by atoms with Crippen molar-refractivity contribution in [2.24, 2.45) is 4.99 Å². The molecule has 1 aliphatic heterocycles. The van der Waals surface area contributed by atoms with Gasteiger partial charge in [0.25, 0.3) is 0 Å². The van der Waals surface area contributed by atoms with Crippen LogP contribution in [0.2, 0.25) is 0 Å². The molecule has 3 rings (SSSR count). The molecule has 0 saturated heterocycles. The maximum absolute atomic E-state index is 10.2. The van der Waals surface area contributed by atoms with Crippen LogP contribution in [-0.4, -0.2) is 27.4 Å². The lowest BCUT2D eigenvalue weighted by Crippen LogP contribution is -2.42. The topological polar surface area (TPSA) is 59.7 Å². The Labute approximate surface area is 94.4 Å². The van der Waals surface area contributed by atoms with Crippen molar-refractivity contribution in [3.63, 3.8) is 0 Å². The second-order valence-electron chi connectivity index (χ2n) is 4.64. The van der Waals surface area contributed by atoms with Crippen LogP contribution in [0.3, 0.4) is 0 Å². The van der Waals surface area contributed by atoms with E-state index < -0.39 is 5.66 Å². The normalized spacial score (nSPS) is 26.8. The van der Waals surface area contributed by atoms with Gasteiger partial charge < -0.3 is 0 Å². The fourth-order valence-corrected chi connectivity index (χ4v) is 2.74. The van der Waals surface area contributed by atoms with Crippen molar-refractivity contribution in [1.29, 1.82) is 5.41 Å². The lowest BCUT2D eigenvalue weighted by atomic mass is 9.89. The zero-order valence-corrected chi connectivity index (χ0v) is 9.11. The summed E-state index contributed by atoms with van der Waals surface area (Å²) in [6, 6.07) is 0. The minimum atomic E-state index is -0.474. The van der Waals surface area contributed by atoms with Crippen molar-refractivity contribution in [2.45, 2.75) is 37.8 Å². The number of hydroxylamine groups is 2. The summed E-state index contributed by atoms with van der Waals surface area (Å²) in [6.45, 7) is 0. The average molecular weight is 217 g/mol. The fraction of sp³-hybridized carbons (Fsp3) is 0.500. The van der Waals surface area contributed by atoms with E-state index in [2.05, 4.69) is 4.99 Å². The molecule has 1 spiro atoms. The van der Waals surface area contributed by atoms with Gasteiger partial charge in [0.15, 0.2) is 5.66 Å². The third-order valence-electron chi connectivity index (χ3n) is 3.61. The first kappa shape index (κ1) is 9.78. The van der Waals surface area contributed by atoms with E-state index in [1.807, 2.05) is 6.08 Å². The Bertz CT molecular complexity index is 428. The summed E-state index contributed by atoms with van der Waals surface area (Å²) in [5, 5.41) is 19.3. The number of allylic oxidation sites excluding steroid dienone is 4. The first-order chi connectivity index (χ1) is 7.73. The lowest BCUT2D eigenvalue weighted by Gasteiger charge is -2.36. The number of rotatable bonds is 0. The van der Waals surface area contributed by atoms with E-state index in [4.69, 9.17) is 5.41 Å². The highest BCUT2D eigenvalue weighted by Crippen LogP contribution is 2.41. The van der Waals surface area contributed by atoms with Gasteiger partial charge in [-0.2, -0.15) is 0 Å². The molecule has 1 fully saturated rings. The summed E-state index contributed by atoms with van der Waals surface area (Å²) in [6.07, 6.45) is 10.5. The van der Waals surface area contributed by atoms with Crippen molar-refractivity contribution in [1.82, 2.24) is 5.06 Å². The number of nitrogens with one attached hydrogen (secondary N) is 1. The van der Waals surface area contributed by atoms with Gasteiger partial charge >= 0.3 is 0 Å². The largest absolute Gasteiger partial charge is 0.299 e. The maximum Gasteiger partial charge on any atom is 0.157 e. The monoisotopic (exact) mass is 217 g/mol. The molecule has 84 valence electrons. The van der Waals surface area contributed by atoms with Crippen LogP contribution in [0.4, 0.5) is 0 Å². The Kier molecular flexibility index (Phi) is 2.01. The molecule has 0 aromatic rings. The molecular weight excluding hydrogens is 202 g/mol. The van der Waals surface area contributed by atoms with Crippen LogP contribution in [0.1, 0.15) is 32.1 Å². The number of hydrogen-bond acceptors (Lipinski definition) is 4. The van der Waals surface area contributed by atoms with Crippen molar-refractivity contribution in [3.8, 4) is 0 Å². The van der Waals surface area contributed by atoms with Gasteiger partial charge in [-0.3, -0.25) is 15.6 Å². The van der Waals surface area contributed by atoms with Crippen LogP contribution in [-0.2, 0) is 0 Å². The first-order valence-electron chi connectivity index (χ1n) is 5.80. The van der Waals surface area contributed by atoms with Crippen molar-refractivity contribution >= 4 is 11.4 Å². The summed E-state index contributed by atoms with van der Waals surface area (Å²) in [5.74, 6) is 0. The van der Waals surface area contributed by atoms with Gasteiger partial charge in [0, 0.05) is 0 Å². The van der Waals surface area contributed by atoms with Crippen LogP contribution in [0.5, 0.6) is 0 Å². The summed E-state index contributed by atoms with van der Waals surface area (Å²) >= 11 is 0. The lowest BCUT2D eigenvalue weighted by molar-refractivity contribution is -0.138. The van der Waals surface area contributed by atoms with E-state index in [-0.39, 0.29) is 0 Å². The zero-order chi connectivity index (χ0) is 11.2.